The molecule has 17 heavy (non-hydrogen) atoms. The molecule has 1 nitrogen and oxygen atoms in total. The van der Waals surface area contributed by atoms with Gasteiger partial charge in [-0.3, -0.25) is 4.90 Å². The van der Waals surface area contributed by atoms with Crippen LogP contribution in [0.2, 0.25) is 0 Å². The first-order chi connectivity index (χ1) is 8.05. The van der Waals surface area contributed by atoms with Crippen LogP contribution < -0.4 is 0 Å². The number of likely N-dealkylation sites (tertiary alicyclic amines) is 1. The summed E-state index contributed by atoms with van der Waals surface area (Å²) < 4.78 is 37.1. The topological polar surface area (TPSA) is 3.24 Å². The molecule has 0 amide bonds. The second-order valence-corrected chi connectivity index (χ2v) is 4.53. The molecular formula is C13H16F3N. The average Bonchev–Trinajstić information content (AvgIpc) is 2.30. The van der Waals surface area contributed by atoms with Gasteiger partial charge in [-0.1, -0.05) is 18.6 Å². The first-order valence-electron chi connectivity index (χ1n) is 5.94. The summed E-state index contributed by atoms with van der Waals surface area (Å²) in [6.45, 7) is 2.88. The lowest BCUT2D eigenvalue weighted by Crippen LogP contribution is -2.29. The zero-order valence-corrected chi connectivity index (χ0v) is 9.63. The monoisotopic (exact) mass is 243 g/mol. The van der Waals surface area contributed by atoms with E-state index in [1.807, 2.05) is 0 Å². The Kier molecular flexibility index (Phi) is 3.72. The van der Waals surface area contributed by atoms with Crippen molar-refractivity contribution in [3.63, 3.8) is 0 Å². The third kappa shape index (κ3) is 3.46. The van der Waals surface area contributed by atoms with Crippen LogP contribution in [0.15, 0.2) is 24.3 Å². The standard InChI is InChI=1S/C13H16F3N/c14-13(15,16)12-6-4-11(5-7-12)10-17-8-2-1-3-9-17/h4-7H,1-3,8-10H2. The molecule has 0 radical (unpaired) electrons. The number of nitrogens with zero attached hydrogens (tertiary/aromatic N) is 1. The van der Waals surface area contributed by atoms with Gasteiger partial charge in [0.25, 0.3) is 0 Å². The van der Waals surface area contributed by atoms with Crippen LogP contribution in [0.5, 0.6) is 0 Å². The molecule has 0 spiro atoms. The second kappa shape index (κ2) is 5.08. The van der Waals surface area contributed by atoms with Gasteiger partial charge in [0.05, 0.1) is 5.56 Å². The fraction of sp³-hybridized carbons (Fsp3) is 0.538. The van der Waals surface area contributed by atoms with Gasteiger partial charge in [0, 0.05) is 6.54 Å². The SMILES string of the molecule is FC(F)(F)c1ccc(CN2CCCCC2)cc1. The van der Waals surface area contributed by atoms with Crippen molar-refractivity contribution >= 4 is 0 Å². The molecule has 0 atom stereocenters. The molecule has 0 bridgehead atoms. The molecule has 0 saturated carbocycles. The van der Waals surface area contributed by atoms with Crippen molar-refractivity contribution in [1.82, 2.24) is 4.90 Å². The summed E-state index contributed by atoms with van der Waals surface area (Å²) in [7, 11) is 0. The highest BCUT2D eigenvalue weighted by atomic mass is 19.4. The summed E-state index contributed by atoms with van der Waals surface area (Å²) in [5, 5.41) is 0. The fourth-order valence-electron chi connectivity index (χ4n) is 2.17. The van der Waals surface area contributed by atoms with E-state index < -0.39 is 11.7 Å². The maximum atomic E-state index is 12.4. The highest BCUT2D eigenvalue weighted by molar-refractivity contribution is 5.24. The normalized spacial score (nSPS) is 18.3. The van der Waals surface area contributed by atoms with Gasteiger partial charge in [0.2, 0.25) is 0 Å². The van der Waals surface area contributed by atoms with Gasteiger partial charge in [0.15, 0.2) is 0 Å². The zero-order chi connectivity index (χ0) is 12.3. The smallest absolute Gasteiger partial charge is 0.299 e. The molecule has 0 unspecified atom stereocenters. The van der Waals surface area contributed by atoms with Crippen LogP contribution >= 0.6 is 0 Å². The first-order valence-corrected chi connectivity index (χ1v) is 5.94. The highest BCUT2D eigenvalue weighted by Crippen LogP contribution is 2.29. The van der Waals surface area contributed by atoms with Crippen LogP contribution in [0.4, 0.5) is 13.2 Å². The Morgan fingerprint density at radius 3 is 2.06 bits per heavy atom. The molecule has 2 rings (SSSR count). The third-order valence-electron chi connectivity index (χ3n) is 3.14. The van der Waals surface area contributed by atoms with Gasteiger partial charge >= 0.3 is 6.18 Å². The quantitative estimate of drug-likeness (QED) is 0.765. The maximum Gasteiger partial charge on any atom is 0.416 e. The predicted molar refractivity (Wildman–Crippen MR) is 60.6 cm³/mol. The van der Waals surface area contributed by atoms with Crippen molar-refractivity contribution in [2.75, 3.05) is 13.1 Å². The molecule has 1 aliphatic rings. The molecule has 0 aliphatic carbocycles. The summed E-state index contributed by atoms with van der Waals surface area (Å²) in [6, 6.07) is 5.49. The van der Waals surface area contributed by atoms with E-state index in [2.05, 4.69) is 4.90 Å². The Bertz CT molecular complexity index is 350. The van der Waals surface area contributed by atoms with Crippen LogP contribution in [0.3, 0.4) is 0 Å². The summed E-state index contributed by atoms with van der Waals surface area (Å²) in [5.74, 6) is 0. The number of hydrogen-bond acceptors (Lipinski definition) is 1. The molecule has 4 heteroatoms. The van der Waals surface area contributed by atoms with Gasteiger partial charge < -0.3 is 0 Å². The van der Waals surface area contributed by atoms with E-state index in [1.54, 1.807) is 12.1 Å². The Hall–Kier alpha value is -1.03. The van der Waals surface area contributed by atoms with Crippen molar-refractivity contribution in [3.05, 3.63) is 35.4 Å². The summed E-state index contributed by atoms with van der Waals surface area (Å²) in [6.07, 6.45) is -0.575. The van der Waals surface area contributed by atoms with Crippen LogP contribution in [-0.2, 0) is 12.7 Å². The van der Waals surface area contributed by atoms with E-state index in [0.717, 1.165) is 25.2 Å². The minimum Gasteiger partial charge on any atom is -0.299 e. The average molecular weight is 243 g/mol. The number of hydrogen-bond donors (Lipinski definition) is 0. The Balaban J connectivity index is 1.98. The Labute approximate surface area is 99.2 Å². The number of piperidine rings is 1. The second-order valence-electron chi connectivity index (χ2n) is 4.53. The number of benzene rings is 1. The van der Waals surface area contributed by atoms with E-state index in [4.69, 9.17) is 0 Å². The van der Waals surface area contributed by atoms with Gasteiger partial charge in [0.1, 0.15) is 0 Å². The molecular weight excluding hydrogens is 227 g/mol. The van der Waals surface area contributed by atoms with Gasteiger partial charge in [-0.15, -0.1) is 0 Å². The van der Waals surface area contributed by atoms with Crippen molar-refractivity contribution in [1.29, 1.82) is 0 Å². The van der Waals surface area contributed by atoms with Crippen LogP contribution in [0.25, 0.3) is 0 Å². The van der Waals surface area contributed by atoms with E-state index in [0.29, 0.717) is 0 Å². The lowest BCUT2D eigenvalue weighted by Gasteiger charge is -2.26. The molecule has 1 aliphatic heterocycles. The molecule has 1 fully saturated rings. The number of rotatable bonds is 2. The maximum absolute atomic E-state index is 12.4. The molecule has 1 heterocycles. The highest BCUT2D eigenvalue weighted by Gasteiger charge is 2.29. The van der Waals surface area contributed by atoms with Crippen molar-refractivity contribution in [2.45, 2.75) is 32.0 Å². The Morgan fingerprint density at radius 2 is 1.53 bits per heavy atom. The van der Waals surface area contributed by atoms with E-state index in [9.17, 15) is 13.2 Å². The van der Waals surface area contributed by atoms with Crippen LogP contribution in [-0.4, -0.2) is 18.0 Å². The predicted octanol–water partition coefficient (Wildman–Crippen LogP) is 3.69. The molecule has 94 valence electrons. The number of alkyl halides is 3. The van der Waals surface area contributed by atoms with Gasteiger partial charge in [-0.2, -0.15) is 13.2 Å². The zero-order valence-electron chi connectivity index (χ0n) is 9.63. The van der Waals surface area contributed by atoms with Crippen LogP contribution in [0.1, 0.15) is 30.4 Å². The van der Waals surface area contributed by atoms with E-state index in [-0.39, 0.29) is 0 Å². The molecule has 0 N–H and O–H groups in total. The Morgan fingerprint density at radius 1 is 0.941 bits per heavy atom. The molecule has 1 saturated heterocycles. The number of halogens is 3. The molecule has 1 aromatic rings. The van der Waals surface area contributed by atoms with Gasteiger partial charge in [-0.25, -0.2) is 0 Å². The molecule has 1 aromatic carbocycles. The summed E-state index contributed by atoms with van der Waals surface area (Å²) >= 11 is 0. The van der Waals surface area contributed by atoms with Crippen molar-refractivity contribution in [2.24, 2.45) is 0 Å². The summed E-state index contributed by atoms with van der Waals surface area (Å²) in [5.41, 5.74) is 0.389. The third-order valence-corrected chi connectivity index (χ3v) is 3.14. The lowest BCUT2D eigenvalue weighted by atomic mass is 10.1. The largest absolute Gasteiger partial charge is 0.416 e. The summed E-state index contributed by atoms with van der Waals surface area (Å²) in [4.78, 5) is 2.30. The molecule has 0 aromatic heterocycles. The minimum atomic E-state index is -4.23. The van der Waals surface area contributed by atoms with E-state index in [1.165, 1.54) is 31.4 Å². The van der Waals surface area contributed by atoms with Crippen LogP contribution in [0, 0.1) is 0 Å². The van der Waals surface area contributed by atoms with E-state index >= 15 is 0 Å². The van der Waals surface area contributed by atoms with Crippen molar-refractivity contribution < 1.29 is 13.2 Å². The van der Waals surface area contributed by atoms with Crippen molar-refractivity contribution in [3.8, 4) is 0 Å². The van der Waals surface area contributed by atoms with Gasteiger partial charge in [-0.05, 0) is 43.6 Å². The lowest BCUT2D eigenvalue weighted by molar-refractivity contribution is -0.137. The minimum absolute atomic E-state index is 0.570. The first kappa shape index (κ1) is 12.4. The fourth-order valence-corrected chi connectivity index (χ4v) is 2.17.